The van der Waals surface area contributed by atoms with Crippen LogP contribution in [0.5, 0.6) is 11.5 Å². The SMILES string of the molecule is COc1ccc(OC[C@@H](O)CN(C)Cc2c(C3CC3)[nH]c3ncc(C)cc23)cc1. The van der Waals surface area contributed by atoms with Crippen LogP contribution in [0, 0.1) is 6.92 Å². The molecule has 0 amide bonds. The number of aliphatic hydroxyl groups is 1. The highest BCUT2D eigenvalue weighted by Crippen LogP contribution is 2.43. The van der Waals surface area contributed by atoms with E-state index in [1.165, 1.54) is 29.5 Å². The lowest BCUT2D eigenvalue weighted by Gasteiger charge is -2.21. The predicted molar refractivity (Wildman–Crippen MR) is 114 cm³/mol. The van der Waals surface area contributed by atoms with Crippen molar-refractivity contribution >= 4 is 11.0 Å². The van der Waals surface area contributed by atoms with E-state index in [4.69, 9.17) is 9.47 Å². The Morgan fingerprint density at radius 2 is 1.97 bits per heavy atom. The van der Waals surface area contributed by atoms with Crippen LogP contribution in [-0.2, 0) is 6.54 Å². The van der Waals surface area contributed by atoms with Gasteiger partial charge in [-0.25, -0.2) is 4.98 Å². The van der Waals surface area contributed by atoms with Gasteiger partial charge in [0, 0.05) is 30.4 Å². The first-order valence-electron chi connectivity index (χ1n) is 10.1. The summed E-state index contributed by atoms with van der Waals surface area (Å²) in [7, 11) is 3.67. The minimum absolute atomic E-state index is 0.251. The minimum atomic E-state index is -0.573. The van der Waals surface area contributed by atoms with E-state index < -0.39 is 6.10 Å². The number of rotatable bonds is 9. The fraction of sp³-hybridized carbons (Fsp3) is 0.435. The highest BCUT2D eigenvalue weighted by atomic mass is 16.5. The summed E-state index contributed by atoms with van der Waals surface area (Å²) in [5, 5.41) is 11.6. The maximum absolute atomic E-state index is 10.4. The van der Waals surface area contributed by atoms with Crippen LogP contribution in [0.4, 0.5) is 0 Å². The second kappa shape index (κ2) is 8.43. The van der Waals surface area contributed by atoms with Gasteiger partial charge in [-0.3, -0.25) is 4.90 Å². The summed E-state index contributed by atoms with van der Waals surface area (Å²) in [5.74, 6) is 2.13. The fourth-order valence-corrected chi connectivity index (χ4v) is 3.75. The summed E-state index contributed by atoms with van der Waals surface area (Å²) in [6, 6.07) is 9.59. The molecule has 29 heavy (non-hydrogen) atoms. The molecule has 0 unspecified atom stereocenters. The number of H-pyrrole nitrogens is 1. The molecule has 0 bridgehead atoms. The zero-order chi connectivity index (χ0) is 20.4. The zero-order valence-electron chi connectivity index (χ0n) is 17.3. The molecule has 1 aliphatic carbocycles. The molecule has 2 N–H and O–H groups in total. The van der Waals surface area contributed by atoms with Crippen molar-refractivity contribution in [2.75, 3.05) is 27.3 Å². The van der Waals surface area contributed by atoms with Gasteiger partial charge in [0.2, 0.25) is 0 Å². The first kappa shape index (κ1) is 19.7. The largest absolute Gasteiger partial charge is 0.497 e. The molecule has 3 aromatic rings. The van der Waals surface area contributed by atoms with E-state index in [1.54, 1.807) is 7.11 Å². The van der Waals surface area contributed by atoms with E-state index in [0.717, 1.165) is 29.3 Å². The number of likely N-dealkylation sites (N-methyl/N-ethyl adjacent to an activating group) is 1. The zero-order valence-corrected chi connectivity index (χ0v) is 17.3. The van der Waals surface area contributed by atoms with Gasteiger partial charge in [-0.05, 0) is 74.2 Å². The third-order valence-corrected chi connectivity index (χ3v) is 5.37. The van der Waals surface area contributed by atoms with Gasteiger partial charge < -0.3 is 19.6 Å². The van der Waals surface area contributed by atoms with Gasteiger partial charge in [-0.2, -0.15) is 0 Å². The third kappa shape index (κ3) is 4.71. The number of hydrogen-bond acceptors (Lipinski definition) is 5. The van der Waals surface area contributed by atoms with Crippen LogP contribution in [0.2, 0.25) is 0 Å². The maximum Gasteiger partial charge on any atom is 0.137 e. The van der Waals surface area contributed by atoms with Gasteiger partial charge in [0.1, 0.15) is 29.9 Å². The molecule has 1 aliphatic rings. The molecule has 1 saturated carbocycles. The number of methoxy groups -OCH3 is 1. The molecule has 0 saturated heterocycles. The number of nitrogens with zero attached hydrogens (tertiary/aromatic N) is 2. The van der Waals surface area contributed by atoms with Crippen molar-refractivity contribution in [3.8, 4) is 11.5 Å². The molecule has 1 fully saturated rings. The Kier molecular flexibility index (Phi) is 5.74. The summed E-state index contributed by atoms with van der Waals surface area (Å²) in [6.45, 7) is 3.63. The second-order valence-corrected chi connectivity index (χ2v) is 8.04. The van der Waals surface area contributed by atoms with E-state index in [9.17, 15) is 5.11 Å². The number of hydrogen-bond donors (Lipinski definition) is 2. The van der Waals surface area contributed by atoms with Crippen LogP contribution in [0.1, 0.15) is 35.6 Å². The molecule has 2 aromatic heterocycles. The van der Waals surface area contributed by atoms with E-state index in [1.807, 2.05) is 37.5 Å². The number of pyridine rings is 1. The minimum Gasteiger partial charge on any atom is -0.497 e. The normalized spacial score (nSPS) is 15.1. The average Bonchev–Trinajstić information content (AvgIpc) is 3.50. The summed E-state index contributed by atoms with van der Waals surface area (Å²) in [5.41, 5.74) is 4.75. The number of fused-ring (bicyclic) bond motifs is 1. The highest BCUT2D eigenvalue weighted by Gasteiger charge is 2.29. The fourth-order valence-electron chi connectivity index (χ4n) is 3.75. The lowest BCUT2D eigenvalue weighted by molar-refractivity contribution is 0.0744. The lowest BCUT2D eigenvalue weighted by atomic mass is 10.1. The van der Waals surface area contributed by atoms with Gasteiger partial charge in [0.15, 0.2) is 0 Å². The number of nitrogens with one attached hydrogen (secondary N) is 1. The number of aliphatic hydroxyl groups excluding tert-OH is 1. The van der Waals surface area contributed by atoms with Gasteiger partial charge >= 0.3 is 0 Å². The van der Waals surface area contributed by atoms with Gasteiger partial charge in [0.05, 0.1) is 7.11 Å². The van der Waals surface area contributed by atoms with Crippen LogP contribution < -0.4 is 9.47 Å². The number of aromatic nitrogens is 2. The van der Waals surface area contributed by atoms with E-state index in [0.29, 0.717) is 12.5 Å². The molecule has 154 valence electrons. The van der Waals surface area contributed by atoms with Crippen molar-refractivity contribution in [2.45, 2.75) is 38.3 Å². The number of benzene rings is 1. The Hall–Kier alpha value is -2.57. The number of aryl methyl sites for hydroxylation is 1. The Labute approximate surface area is 171 Å². The standard InChI is InChI=1S/C23H29N3O3/c1-15-10-20-21(22(16-4-5-16)25-23(20)24-11-15)13-26(2)12-17(27)14-29-19-8-6-18(28-3)7-9-19/h6-11,16-17,27H,4-5,12-14H2,1-3H3,(H,24,25)/t17-/m0/s1. The Morgan fingerprint density at radius 1 is 1.24 bits per heavy atom. The predicted octanol–water partition coefficient (Wildman–Crippen LogP) is 3.63. The number of ether oxygens (including phenoxy) is 2. The van der Waals surface area contributed by atoms with Crippen LogP contribution in [0.25, 0.3) is 11.0 Å². The number of aromatic amines is 1. The molecule has 6 heteroatoms. The van der Waals surface area contributed by atoms with Gasteiger partial charge in [-0.15, -0.1) is 0 Å². The van der Waals surface area contributed by atoms with Gasteiger partial charge in [-0.1, -0.05) is 0 Å². The molecule has 0 radical (unpaired) electrons. The van der Waals surface area contributed by atoms with Crippen molar-refractivity contribution in [1.29, 1.82) is 0 Å². The Morgan fingerprint density at radius 3 is 2.66 bits per heavy atom. The van der Waals surface area contributed by atoms with E-state index in [-0.39, 0.29) is 6.61 Å². The molecule has 0 spiro atoms. The third-order valence-electron chi connectivity index (χ3n) is 5.37. The molecule has 4 rings (SSSR count). The van der Waals surface area contributed by atoms with Crippen LogP contribution in [-0.4, -0.2) is 53.4 Å². The monoisotopic (exact) mass is 395 g/mol. The first-order valence-corrected chi connectivity index (χ1v) is 10.1. The summed E-state index contributed by atoms with van der Waals surface area (Å²) in [4.78, 5) is 10.2. The smallest absolute Gasteiger partial charge is 0.137 e. The topological polar surface area (TPSA) is 70.6 Å². The van der Waals surface area contributed by atoms with Crippen LogP contribution >= 0.6 is 0 Å². The van der Waals surface area contributed by atoms with Crippen molar-refractivity contribution in [3.63, 3.8) is 0 Å². The molecule has 1 atom stereocenters. The molecule has 1 aromatic carbocycles. The average molecular weight is 396 g/mol. The summed E-state index contributed by atoms with van der Waals surface area (Å²) in [6.07, 6.45) is 3.81. The highest BCUT2D eigenvalue weighted by molar-refractivity contribution is 5.82. The molecule has 6 nitrogen and oxygen atoms in total. The van der Waals surface area contributed by atoms with Crippen LogP contribution in [0.15, 0.2) is 36.5 Å². The van der Waals surface area contributed by atoms with Crippen LogP contribution in [0.3, 0.4) is 0 Å². The van der Waals surface area contributed by atoms with Crippen molar-refractivity contribution in [3.05, 3.63) is 53.3 Å². The molecular formula is C23H29N3O3. The van der Waals surface area contributed by atoms with Crippen molar-refractivity contribution < 1.29 is 14.6 Å². The first-order chi connectivity index (χ1) is 14.0. The molecule has 2 heterocycles. The quantitative estimate of drug-likeness (QED) is 0.579. The second-order valence-electron chi connectivity index (χ2n) is 8.04. The van der Waals surface area contributed by atoms with Crippen molar-refractivity contribution in [2.24, 2.45) is 0 Å². The molecule has 0 aliphatic heterocycles. The summed E-state index contributed by atoms with van der Waals surface area (Å²) < 4.78 is 10.9. The Bertz CT molecular complexity index is 963. The molecular weight excluding hydrogens is 366 g/mol. The van der Waals surface area contributed by atoms with E-state index >= 15 is 0 Å². The Balaban J connectivity index is 1.38. The van der Waals surface area contributed by atoms with E-state index in [2.05, 4.69) is 27.9 Å². The van der Waals surface area contributed by atoms with Crippen molar-refractivity contribution in [1.82, 2.24) is 14.9 Å². The van der Waals surface area contributed by atoms with Gasteiger partial charge in [0.25, 0.3) is 0 Å². The lowest BCUT2D eigenvalue weighted by Crippen LogP contribution is -2.33. The maximum atomic E-state index is 10.4. The summed E-state index contributed by atoms with van der Waals surface area (Å²) >= 11 is 0.